The summed E-state index contributed by atoms with van der Waals surface area (Å²) in [7, 11) is 0. The van der Waals surface area contributed by atoms with Gasteiger partial charge in [-0.15, -0.1) is 0 Å². The van der Waals surface area contributed by atoms with Crippen molar-refractivity contribution in [2.45, 2.75) is 72.1 Å². The van der Waals surface area contributed by atoms with Crippen molar-refractivity contribution >= 4 is 0 Å². The highest BCUT2D eigenvalue weighted by Crippen LogP contribution is 2.16. The molecule has 0 aromatic heterocycles. The lowest BCUT2D eigenvalue weighted by molar-refractivity contribution is 0.227. The molecule has 1 nitrogen and oxygen atoms in total. The minimum Gasteiger partial charge on any atom is -0.396 e. The van der Waals surface area contributed by atoms with Crippen LogP contribution in [0.2, 0.25) is 0 Å². The van der Waals surface area contributed by atoms with Crippen molar-refractivity contribution < 1.29 is 5.11 Å². The van der Waals surface area contributed by atoms with E-state index in [1.165, 1.54) is 51.4 Å². The third kappa shape index (κ3) is 10.2. The summed E-state index contributed by atoms with van der Waals surface area (Å²) in [4.78, 5) is 0. The minimum absolute atomic E-state index is 0.355. The van der Waals surface area contributed by atoms with E-state index in [9.17, 15) is 0 Å². The smallest absolute Gasteiger partial charge is 0.0456 e. The van der Waals surface area contributed by atoms with Crippen LogP contribution in [0.1, 0.15) is 72.1 Å². The summed E-state index contributed by atoms with van der Waals surface area (Å²) < 4.78 is 0. The Bertz CT molecular complexity index is 123. The van der Waals surface area contributed by atoms with Gasteiger partial charge in [0.05, 0.1) is 0 Å². The van der Waals surface area contributed by atoms with E-state index in [1.807, 2.05) is 0 Å². The zero-order chi connectivity index (χ0) is 11.5. The molecule has 15 heavy (non-hydrogen) atoms. The topological polar surface area (TPSA) is 20.2 Å². The van der Waals surface area contributed by atoms with Gasteiger partial charge in [-0.1, -0.05) is 65.7 Å². The van der Waals surface area contributed by atoms with Gasteiger partial charge in [0.15, 0.2) is 0 Å². The van der Waals surface area contributed by atoms with Crippen LogP contribution in [0.25, 0.3) is 0 Å². The Kier molecular flexibility index (Phi) is 10.4. The third-order valence-corrected chi connectivity index (χ3v) is 3.24. The Hall–Kier alpha value is -0.0400. The van der Waals surface area contributed by atoms with Gasteiger partial charge in [0.25, 0.3) is 0 Å². The fourth-order valence-corrected chi connectivity index (χ4v) is 2.07. The average molecular weight is 214 g/mol. The summed E-state index contributed by atoms with van der Waals surface area (Å²) in [6.45, 7) is 7.13. The maximum atomic E-state index is 8.87. The van der Waals surface area contributed by atoms with Gasteiger partial charge < -0.3 is 5.11 Å². The third-order valence-electron chi connectivity index (χ3n) is 3.24. The van der Waals surface area contributed by atoms with Gasteiger partial charge in [-0.2, -0.15) is 0 Å². The normalized spacial score (nSPS) is 15.2. The first kappa shape index (κ1) is 15.0. The van der Waals surface area contributed by atoms with Gasteiger partial charge in [0, 0.05) is 6.61 Å². The molecule has 0 rings (SSSR count). The van der Waals surface area contributed by atoms with Crippen molar-refractivity contribution in [1.82, 2.24) is 0 Å². The molecule has 0 spiro atoms. The van der Waals surface area contributed by atoms with Gasteiger partial charge in [0.1, 0.15) is 0 Å². The van der Waals surface area contributed by atoms with E-state index in [4.69, 9.17) is 5.11 Å². The number of rotatable bonds is 10. The Morgan fingerprint density at radius 3 is 1.80 bits per heavy atom. The molecule has 0 radical (unpaired) electrons. The molecule has 0 aliphatic carbocycles. The summed E-state index contributed by atoms with van der Waals surface area (Å²) in [5.74, 6) is 1.43. The molecule has 1 heteroatoms. The fourth-order valence-electron chi connectivity index (χ4n) is 2.07. The molecule has 0 amide bonds. The van der Waals surface area contributed by atoms with Crippen molar-refractivity contribution in [1.29, 1.82) is 0 Å². The number of hydrogen-bond donors (Lipinski definition) is 1. The molecular formula is C14H30O. The van der Waals surface area contributed by atoms with Crippen molar-refractivity contribution in [2.75, 3.05) is 6.61 Å². The second-order valence-electron chi connectivity index (χ2n) is 5.17. The van der Waals surface area contributed by atoms with E-state index in [0.717, 1.165) is 5.92 Å². The molecule has 0 heterocycles. The molecular weight excluding hydrogens is 184 g/mol. The van der Waals surface area contributed by atoms with E-state index >= 15 is 0 Å². The highest BCUT2D eigenvalue weighted by molar-refractivity contribution is 4.55. The van der Waals surface area contributed by atoms with Crippen LogP contribution in [0.15, 0.2) is 0 Å². The Morgan fingerprint density at radius 2 is 1.33 bits per heavy atom. The van der Waals surface area contributed by atoms with Crippen LogP contribution in [0.4, 0.5) is 0 Å². The zero-order valence-corrected chi connectivity index (χ0v) is 11.0. The maximum Gasteiger partial charge on any atom is 0.0456 e. The Balaban J connectivity index is 3.11. The van der Waals surface area contributed by atoms with Gasteiger partial charge >= 0.3 is 0 Å². The van der Waals surface area contributed by atoms with Gasteiger partial charge in [-0.25, -0.2) is 0 Å². The van der Waals surface area contributed by atoms with Crippen LogP contribution in [0, 0.1) is 11.8 Å². The first-order chi connectivity index (χ1) is 7.20. The Labute approximate surface area is 96.3 Å². The molecule has 92 valence electrons. The second-order valence-corrected chi connectivity index (χ2v) is 5.17. The summed E-state index contributed by atoms with van der Waals surface area (Å²) in [6, 6.07) is 0. The lowest BCUT2D eigenvalue weighted by atomic mass is 9.97. The molecule has 0 saturated heterocycles. The molecule has 0 bridgehead atoms. The molecule has 0 aromatic rings. The predicted molar refractivity (Wildman–Crippen MR) is 68.0 cm³/mol. The number of aliphatic hydroxyl groups excluding tert-OH is 1. The minimum atomic E-state index is 0.355. The fraction of sp³-hybridized carbons (Fsp3) is 1.00. The highest BCUT2D eigenvalue weighted by atomic mass is 16.3. The molecule has 0 fully saturated rings. The van der Waals surface area contributed by atoms with Crippen molar-refractivity contribution in [3.63, 3.8) is 0 Å². The summed E-state index contributed by atoms with van der Waals surface area (Å²) in [6.07, 6.45) is 10.7. The van der Waals surface area contributed by atoms with E-state index in [-0.39, 0.29) is 0 Å². The summed E-state index contributed by atoms with van der Waals surface area (Å²) >= 11 is 0. The highest BCUT2D eigenvalue weighted by Gasteiger charge is 2.01. The average Bonchev–Trinajstić information content (AvgIpc) is 2.23. The predicted octanol–water partition coefficient (Wildman–Crippen LogP) is 4.39. The lowest BCUT2D eigenvalue weighted by Crippen LogP contribution is -2.00. The van der Waals surface area contributed by atoms with Crippen LogP contribution in [0.3, 0.4) is 0 Å². The monoisotopic (exact) mass is 214 g/mol. The summed E-state index contributed by atoms with van der Waals surface area (Å²) in [5, 5.41) is 8.87. The quantitative estimate of drug-likeness (QED) is 0.535. The van der Waals surface area contributed by atoms with Crippen LogP contribution in [-0.4, -0.2) is 11.7 Å². The van der Waals surface area contributed by atoms with Crippen molar-refractivity contribution in [3.8, 4) is 0 Å². The zero-order valence-electron chi connectivity index (χ0n) is 11.0. The number of hydrogen-bond acceptors (Lipinski definition) is 1. The van der Waals surface area contributed by atoms with Crippen LogP contribution in [-0.2, 0) is 0 Å². The summed E-state index contributed by atoms with van der Waals surface area (Å²) in [5.41, 5.74) is 0. The molecule has 0 aromatic carbocycles. The van der Waals surface area contributed by atoms with E-state index in [1.54, 1.807) is 0 Å². The van der Waals surface area contributed by atoms with Crippen LogP contribution < -0.4 is 0 Å². The number of unbranched alkanes of at least 4 members (excludes halogenated alkanes) is 3. The molecule has 1 N–H and O–H groups in total. The van der Waals surface area contributed by atoms with Crippen molar-refractivity contribution in [2.24, 2.45) is 11.8 Å². The van der Waals surface area contributed by atoms with E-state index in [0.29, 0.717) is 12.5 Å². The lowest BCUT2D eigenvalue weighted by Gasteiger charge is -2.10. The first-order valence-corrected chi connectivity index (χ1v) is 6.81. The molecule has 2 atom stereocenters. The molecule has 0 saturated carbocycles. The second kappa shape index (κ2) is 10.5. The Morgan fingerprint density at radius 1 is 0.800 bits per heavy atom. The van der Waals surface area contributed by atoms with Gasteiger partial charge in [0.2, 0.25) is 0 Å². The standard InChI is InChI=1S/C14H30O/c1-4-9-13(2)10-7-5-6-8-11-14(3)12-15/h13-15H,4-12H2,1-3H3. The molecule has 2 unspecified atom stereocenters. The molecule has 0 aliphatic rings. The van der Waals surface area contributed by atoms with E-state index in [2.05, 4.69) is 20.8 Å². The first-order valence-electron chi connectivity index (χ1n) is 6.81. The van der Waals surface area contributed by atoms with Crippen molar-refractivity contribution in [3.05, 3.63) is 0 Å². The van der Waals surface area contributed by atoms with Gasteiger partial charge in [-0.05, 0) is 18.3 Å². The van der Waals surface area contributed by atoms with Crippen LogP contribution >= 0.6 is 0 Å². The maximum absolute atomic E-state index is 8.87. The molecule has 0 aliphatic heterocycles. The SMILES string of the molecule is CCCC(C)CCCCCCC(C)CO. The number of aliphatic hydroxyl groups is 1. The van der Waals surface area contributed by atoms with Crippen LogP contribution in [0.5, 0.6) is 0 Å². The van der Waals surface area contributed by atoms with Gasteiger partial charge in [-0.3, -0.25) is 0 Å². The van der Waals surface area contributed by atoms with E-state index < -0.39 is 0 Å². The largest absolute Gasteiger partial charge is 0.396 e.